The van der Waals surface area contributed by atoms with Gasteiger partial charge in [0.1, 0.15) is 17.3 Å². The second kappa shape index (κ2) is 10.4. The predicted octanol–water partition coefficient (Wildman–Crippen LogP) is 3.12. The first-order valence-electron chi connectivity index (χ1n) is 10.3. The van der Waals surface area contributed by atoms with Crippen molar-refractivity contribution >= 4 is 33.3 Å². The molecule has 0 fully saturated rings. The molecular formula is C23H21ClFN3O6S. The maximum Gasteiger partial charge on any atom is 0.412 e. The Hall–Kier alpha value is -3.57. The van der Waals surface area contributed by atoms with E-state index in [2.05, 4.69) is 10.3 Å². The third-order valence-corrected chi connectivity index (χ3v) is 7.01. The van der Waals surface area contributed by atoms with Crippen LogP contribution in [0.2, 0.25) is 5.02 Å². The molecule has 3 aromatic rings. The molecule has 1 amide bonds. The Labute approximate surface area is 205 Å². The topological polar surface area (TPSA) is 124 Å². The summed E-state index contributed by atoms with van der Waals surface area (Å²) in [5.41, 5.74) is -0.0285. The van der Waals surface area contributed by atoms with Crippen LogP contribution in [0.3, 0.4) is 0 Å². The second-order valence-corrected chi connectivity index (χ2v) is 10.3. The van der Waals surface area contributed by atoms with Crippen LogP contribution in [0.25, 0.3) is 11.1 Å². The number of benzene rings is 1. The van der Waals surface area contributed by atoms with Crippen molar-refractivity contribution in [1.82, 2.24) is 14.9 Å². The quantitative estimate of drug-likeness (QED) is 0.473. The molecule has 0 radical (unpaired) electrons. The van der Waals surface area contributed by atoms with Crippen LogP contribution in [0.5, 0.6) is 5.75 Å². The summed E-state index contributed by atoms with van der Waals surface area (Å²) in [6.07, 6.45) is 1.33. The molecule has 1 aromatic carbocycles. The lowest BCUT2D eigenvalue weighted by Gasteiger charge is -2.16. The molecule has 0 bridgehead atoms. The van der Waals surface area contributed by atoms with Gasteiger partial charge in [0, 0.05) is 43.2 Å². The van der Waals surface area contributed by atoms with Crippen LogP contribution in [-0.4, -0.2) is 42.6 Å². The first kappa shape index (κ1) is 26.0. The molecule has 0 aliphatic rings. The summed E-state index contributed by atoms with van der Waals surface area (Å²) in [5.74, 6) is -1.97. The Morgan fingerprint density at radius 3 is 2.54 bits per heavy atom. The molecule has 0 atom stereocenters. The molecule has 1 N–H and O–H groups in total. The maximum absolute atomic E-state index is 13.5. The molecule has 0 unspecified atom stereocenters. The van der Waals surface area contributed by atoms with Crippen molar-refractivity contribution in [3.8, 4) is 16.9 Å². The average molecular weight is 522 g/mol. The van der Waals surface area contributed by atoms with Gasteiger partial charge in [0.25, 0.3) is 5.56 Å². The number of ketones is 1. The minimum atomic E-state index is -3.43. The average Bonchev–Trinajstić information content (AvgIpc) is 2.80. The van der Waals surface area contributed by atoms with Crippen LogP contribution < -0.4 is 15.6 Å². The van der Waals surface area contributed by atoms with Gasteiger partial charge in [-0.15, -0.1) is 0 Å². The summed E-state index contributed by atoms with van der Waals surface area (Å²) in [7, 11) is -0.638. The van der Waals surface area contributed by atoms with Crippen molar-refractivity contribution in [2.45, 2.75) is 12.7 Å². The van der Waals surface area contributed by atoms with E-state index in [-0.39, 0.29) is 44.7 Å². The number of amides is 1. The number of hydrogen-bond donors (Lipinski definition) is 1. The van der Waals surface area contributed by atoms with Gasteiger partial charge < -0.3 is 14.6 Å². The molecule has 35 heavy (non-hydrogen) atoms. The highest BCUT2D eigenvalue weighted by atomic mass is 35.5. The lowest BCUT2D eigenvalue weighted by atomic mass is 9.94. The van der Waals surface area contributed by atoms with Crippen LogP contribution in [0.15, 0.2) is 47.5 Å². The summed E-state index contributed by atoms with van der Waals surface area (Å²) in [4.78, 5) is 41.4. The number of hydrogen-bond acceptors (Lipinski definition) is 7. The van der Waals surface area contributed by atoms with Gasteiger partial charge in [-0.3, -0.25) is 9.59 Å². The van der Waals surface area contributed by atoms with Crippen molar-refractivity contribution in [2.75, 3.05) is 12.8 Å². The fourth-order valence-electron chi connectivity index (χ4n) is 3.22. The molecule has 0 saturated heterocycles. The summed E-state index contributed by atoms with van der Waals surface area (Å²) in [6, 6.07) is 6.30. The van der Waals surface area contributed by atoms with Crippen LogP contribution in [-0.2, 0) is 22.6 Å². The van der Waals surface area contributed by atoms with Gasteiger partial charge in [-0.1, -0.05) is 30.7 Å². The molecule has 184 valence electrons. The third-order valence-electron chi connectivity index (χ3n) is 5.07. The van der Waals surface area contributed by atoms with E-state index in [1.165, 1.54) is 50.0 Å². The Bertz CT molecular complexity index is 1490. The fourth-order valence-corrected chi connectivity index (χ4v) is 4.35. The Balaban J connectivity index is 2.30. The number of aromatic nitrogens is 2. The van der Waals surface area contributed by atoms with Gasteiger partial charge >= 0.3 is 6.09 Å². The Morgan fingerprint density at radius 2 is 1.91 bits per heavy atom. The fraction of sp³-hybridized carbons (Fsp3) is 0.217. The summed E-state index contributed by atoms with van der Waals surface area (Å²) >= 11 is 6.05. The van der Waals surface area contributed by atoms with Crippen molar-refractivity contribution in [2.24, 2.45) is 7.05 Å². The SMILES string of the molecule is CCS(=O)(=O)Cc1ccc(C(=O)c2ncc(F)cc2Cl)c(-c2cn(C)c(=O)cc2OC(=O)NC)c1. The molecular weight excluding hydrogens is 501 g/mol. The highest BCUT2D eigenvalue weighted by Gasteiger charge is 2.24. The predicted molar refractivity (Wildman–Crippen MR) is 128 cm³/mol. The van der Waals surface area contributed by atoms with Crippen molar-refractivity contribution in [3.63, 3.8) is 0 Å². The highest BCUT2D eigenvalue weighted by molar-refractivity contribution is 7.90. The zero-order valence-electron chi connectivity index (χ0n) is 19.0. The minimum Gasteiger partial charge on any atom is -0.409 e. The van der Waals surface area contributed by atoms with E-state index in [0.29, 0.717) is 5.56 Å². The molecule has 0 aliphatic heterocycles. The van der Waals surface area contributed by atoms with Gasteiger partial charge in [-0.25, -0.2) is 22.6 Å². The molecule has 2 aromatic heterocycles. The molecule has 3 rings (SSSR count). The second-order valence-electron chi connectivity index (χ2n) is 7.51. The Morgan fingerprint density at radius 1 is 1.20 bits per heavy atom. The van der Waals surface area contributed by atoms with E-state index < -0.39 is 33.1 Å². The molecule has 0 spiro atoms. The molecule has 2 heterocycles. The normalized spacial score (nSPS) is 11.2. The van der Waals surface area contributed by atoms with Crippen LogP contribution >= 0.6 is 11.6 Å². The van der Waals surface area contributed by atoms with E-state index in [4.69, 9.17) is 16.3 Å². The number of ether oxygens (including phenoxy) is 1. The number of halogens is 2. The first-order chi connectivity index (χ1) is 16.5. The van der Waals surface area contributed by atoms with E-state index in [1.807, 2.05) is 0 Å². The van der Waals surface area contributed by atoms with E-state index in [0.717, 1.165) is 18.3 Å². The number of carbonyl (C=O) groups is 2. The maximum atomic E-state index is 13.5. The smallest absolute Gasteiger partial charge is 0.409 e. The Kier molecular flexibility index (Phi) is 7.71. The molecule has 0 saturated carbocycles. The van der Waals surface area contributed by atoms with Gasteiger partial charge in [-0.2, -0.15) is 0 Å². The van der Waals surface area contributed by atoms with E-state index >= 15 is 0 Å². The summed E-state index contributed by atoms with van der Waals surface area (Å²) in [5, 5.41) is 2.05. The lowest BCUT2D eigenvalue weighted by molar-refractivity contribution is 0.103. The number of nitrogens with one attached hydrogen (secondary N) is 1. The van der Waals surface area contributed by atoms with E-state index in [1.54, 1.807) is 0 Å². The van der Waals surface area contributed by atoms with Gasteiger partial charge in [0.2, 0.25) is 5.78 Å². The summed E-state index contributed by atoms with van der Waals surface area (Å²) < 4.78 is 44.4. The number of carbonyl (C=O) groups excluding carboxylic acids is 2. The molecule has 9 nitrogen and oxygen atoms in total. The van der Waals surface area contributed by atoms with Crippen molar-refractivity contribution < 1.29 is 27.1 Å². The van der Waals surface area contributed by atoms with Gasteiger partial charge in [0.05, 0.1) is 17.0 Å². The number of aryl methyl sites for hydroxylation is 1. The van der Waals surface area contributed by atoms with Crippen molar-refractivity contribution in [3.05, 3.63) is 80.7 Å². The summed E-state index contributed by atoms with van der Waals surface area (Å²) in [6.45, 7) is 1.51. The van der Waals surface area contributed by atoms with Gasteiger partial charge in [-0.05, 0) is 23.3 Å². The molecule has 12 heteroatoms. The van der Waals surface area contributed by atoms with Gasteiger partial charge in [0.15, 0.2) is 9.84 Å². The zero-order valence-corrected chi connectivity index (χ0v) is 20.5. The zero-order chi connectivity index (χ0) is 25.9. The number of rotatable bonds is 7. The number of sulfone groups is 1. The van der Waals surface area contributed by atoms with Crippen LogP contribution in [0.1, 0.15) is 28.5 Å². The number of pyridine rings is 2. The third kappa shape index (κ3) is 5.92. The lowest BCUT2D eigenvalue weighted by Crippen LogP contribution is -2.24. The monoisotopic (exact) mass is 521 g/mol. The highest BCUT2D eigenvalue weighted by Crippen LogP contribution is 2.34. The van der Waals surface area contributed by atoms with E-state index in [9.17, 15) is 27.2 Å². The number of nitrogens with zero attached hydrogens (tertiary/aromatic N) is 2. The minimum absolute atomic E-state index is 0.0176. The van der Waals surface area contributed by atoms with Crippen molar-refractivity contribution in [1.29, 1.82) is 0 Å². The first-order valence-corrected chi connectivity index (χ1v) is 12.5. The standard InChI is InChI=1S/C23H21ClFN3O6S/c1-4-35(32,33)12-13-5-6-15(22(30)21-18(24)8-14(25)10-27-21)16(7-13)17-11-28(3)20(29)9-19(17)34-23(31)26-2/h5-11H,4,12H2,1-3H3,(H,26,31). The largest absolute Gasteiger partial charge is 0.412 e. The van der Waals surface area contributed by atoms with Crippen LogP contribution in [0.4, 0.5) is 9.18 Å². The van der Waals surface area contributed by atoms with Crippen LogP contribution in [0, 0.1) is 5.82 Å². The molecule has 0 aliphatic carbocycles.